The molecule has 0 aromatic heterocycles. The fourth-order valence-corrected chi connectivity index (χ4v) is 3.89. The van der Waals surface area contributed by atoms with E-state index >= 15 is 0 Å². The summed E-state index contributed by atoms with van der Waals surface area (Å²) < 4.78 is 77.6. The van der Waals surface area contributed by atoms with E-state index in [0.29, 0.717) is 23.2 Å². The highest BCUT2D eigenvalue weighted by atomic mass is 19.1. The standard InChI is InChI=1S/C11H16FNO.C10H13FO2.2C9H12FNO/c1-8(2)13(3)9-5-6-11(14-4)10(12)7-9;1-7(2)13-8-4-5-10(12-3)9(11)6-8;1-6(2)12-7-3-4-9(11)8(10)5-7;1-6(2)12-9-4-3-7(11)5-8(9)10/h5-8H,1-4H3;4-7H,1-3H3;2*3-6H,11H2,1-2H3. The molecule has 0 amide bonds. The molecule has 0 aliphatic heterocycles. The van der Waals surface area contributed by atoms with Crippen LogP contribution in [0.15, 0.2) is 72.8 Å². The summed E-state index contributed by atoms with van der Waals surface area (Å²) in [6.07, 6.45) is 0.0731. The summed E-state index contributed by atoms with van der Waals surface area (Å²) >= 11 is 0. The quantitative estimate of drug-likeness (QED) is 0.123. The average Bonchev–Trinajstić information content (AvgIpc) is 3.04. The first-order chi connectivity index (χ1) is 23.9. The zero-order valence-corrected chi connectivity index (χ0v) is 31.4. The number of halogens is 4. The number of nitrogens with two attached hydrogens (primary N) is 2. The molecule has 8 nitrogen and oxygen atoms in total. The van der Waals surface area contributed by atoms with Crippen LogP contribution in [0.25, 0.3) is 0 Å². The van der Waals surface area contributed by atoms with Gasteiger partial charge in [0, 0.05) is 48.7 Å². The molecule has 4 rings (SSSR count). The van der Waals surface area contributed by atoms with Crippen LogP contribution in [0.1, 0.15) is 55.4 Å². The minimum atomic E-state index is -0.437. The lowest BCUT2D eigenvalue weighted by atomic mass is 10.2. The van der Waals surface area contributed by atoms with Gasteiger partial charge in [0.2, 0.25) is 0 Å². The number of nitrogen functional groups attached to an aromatic ring is 2. The third-order valence-corrected chi connectivity index (χ3v) is 6.47. The van der Waals surface area contributed by atoms with Gasteiger partial charge < -0.3 is 40.1 Å². The normalized spacial score (nSPS) is 10.3. The summed E-state index contributed by atoms with van der Waals surface area (Å²) in [6.45, 7) is 15.3. The SMILES string of the molecule is CC(C)Oc1ccc(N)c(F)c1.CC(C)Oc1ccc(N)cc1F.COc1ccc(N(C)C(C)C)cc1F.COc1ccc(OC(C)C)cc1F. The Morgan fingerprint density at radius 2 is 0.941 bits per heavy atom. The molecule has 4 aromatic rings. The van der Waals surface area contributed by atoms with Gasteiger partial charge >= 0.3 is 0 Å². The van der Waals surface area contributed by atoms with Crippen molar-refractivity contribution in [2.45, 2.75) is 79.7 Å². The van der Waals surface area contributed by atoms with Crippen LogP contribution >= 0.6 is 0 Å². The van der Waals surface area contributed by atoms with Crippen LogP contribution in [-0.2, 0) is 0 Å². The second-order valence-electron chi connectivity index (χ2n) is 12.2. The van der Waals surface area contributed by atoms with Crippen LogP contribution in [-0.4, -0.2) is 45.6 Å². The molecule has 4 N–H and O–H groups in total. The summed E-state index contributed by atoms with van der Waals surface area (Å²) in [7, 11) is 4.83. The molecule has 0 saturated carbocycles. The first-order valence-electron chi connectivity index (χ1n) is 16.4. The molecule has 0 aliphatic rings. The monoisotopic (exact) mass is 719 g/mol. The number of anilines is 3. The molecular formula is C39H53F4N3O5. The van der Waals surface area contributed by atoms with Crippen LogP contribution in [0.2, 0.25) is 0 Å². The predicted octanol–water partition coefficient (Wildman–Crippen LogP) is 9.69. The Bertz CT molecular complexity index is 1620. The molecule has 0 aliphatic carbocycles. The highest BCUT2D eigenvalue weighted by Crippen LogP contribution is 2.25. The van der Waals surface area contributed by atoms with E-state index < -0.39 is 17.5 Å². The van der Waals surface area contributed by atoms with E-state index in [-0.39, 0.29) is 47.1 Å². The van der Waals surface area contributed by atoms with E-state index in [1.54, 1.807) is 30.3 Å². The molecule has 282 valence electrons. The fourth-order valence-electron chi connectivity index (χ4n) is 3.89. The number of methoxy groups -OCH3 is 2. The molecule has 12 heteroatoms. The van der Waals surface area contributed by atoms with Gasteiger partial charge in [0.25, 0.3) is 0 Å². The predicted molar refractivity (Wildman–Crippen MR) is 198 cm³/mol. The van der Waals surface area contributed by atoms with Crippen molar-refractivity contribution in [1.29, 1.82) is 0 Å². The number of hydrogen-bond donors (Lipinski definition) is 2. The van der Waals surface area contributed by atoms with Gasteiger partial charge in [0.15, 0.2) is 34.7 Å². The van der Waals surface area contributed by atoms with Gasteiger partial charge in [-0.05, 0) is 104 Å². The van der Waals surface area contributed by atoms with E-state index in [2.05, 4.69) is 13.8 Å². The summed E-state index contributed by atoms with van der Waals surface area (Å²) in [5.41, 5.74) is 12.1. The number of hydrogen-bond acceptors (Lipinski definition) is 8. The van der Waals surface area contributed by atoms with Gasteiger partial charge in [-0.15, -0.1) is 0 Å². The first-order valence-corrected chi connectivity index (χ1v) is 16.4. The zero-order chi connectivity index (χ0) is 38.8. The van der Waals surface area contributed by atoms with Gasteiger partial charge in [-0.2, -0.15) is 0 Å². The van der Waals surface area contributed by atoms with E-state index in [1.807, 2.05) is 59.6 Å². The Morgan fingerprint density at radius 1 is 0.510 bits per heavy atom. The molecule has 0 spiro atoms. The van der Waals surface area contributed by atoms with Gasteiger partial charge in [0.05, 0.1) is 38.2 Å². The highest BCUT2D eigenvalue weighted by Gasteiger charge is 2.09. The third-order valence-electron chi connectivity index (χ3n) is 6.47. The molecule has 0 radical (unpaired) electrons. The molecule has 0 fully saturated rings. The Hall–Kier alpha value is -5.00. The minimum absolute atomic E-state index is 0.0249. The van der Waals surface area contributed by atoms with E-state index in [0.717, 1.165) is 5.69 Å². The topological polar surface area (TPSA) is 101 Å². The van der Waals surface area contributed by atoms with Crippen LogP contribution in [0, 0.1) is 23.3 Å². The summed E-state index contributed by atoms with van der Waals surface area (Å²) in [4.78, 5) is 2.00. The molecular weight excluding hydrogens is 666 g/mol. The van der Waals surface area contributed by atoms with E-state index in [4.69, 9.17) is 35.2 Å². The minimum Gasteiger partial charge on any atom is -0.494 e. The van der Waals surface area contributed by atoms with Crippen molar-refractivity contribution < 1.29 is 41.2 Å². The van der Waals surface area contributed by atoms with Crippen molar-refractivity contribution in [3.63, 3.8) is 0 Å². The lowest BCUT2D eigenvalue weighted by Gasteiger charge is -2.23. The molecule has 0 heterocycles. The Morgan fingerprint density at radius 3 is 1.35 bits per heavy atom. The molecule has 0 unspecified atom stereocenters. The number of ether oxygens (including phenoxy) is 5. The second-order valence-corrected chi connectivity index (χ2v) is 12.2. The van der Waals surface area contributed by atoms with E-state index in [1.165, 1.54) is 50.6 Å². The third kappa shape index (κ3) is 16.5. The summed E-state index contributed by atoms with van der Waals surface area (Å²) in [5.74, 6) is 0.223. The van der Waals surface area contributed by atoms with Crippen molar-refractivity contribution in [3.8, 4) is 28.7 Å². The Kier molecular flexibility index (Phi) is 18.9. The van der Waals surface area contributed by atoms with Gasteiger partial charge in [-0.1, -0.05) is 0 Å². The van der Waals surface area contributed by atoms with Crippen molar-refractivity contribution in [2.75, 3.05) is 37.6 Å². The van der Waals surface area contributed by atoms with Crippen molar-refractivity contribution in [3.05, 3.63) is 96.1 Å². The lowest BCUT2D eigenvalue weighted by Crippen LogP contribution is -2.25. The zero-order valence-electron chi connectivity index (χ0n) is 31.4. The molecule has 0 bridgehead atoms. The van der Waals surface area contributed by atoms with Crippen LogP contribution in [0.5, 0.6) is 28.7 Å². The molecule has 0 saturated heterocycles. The van der Waals surface area contributed by atoms with Crippen LogP contribution in [0.3, 0.4) is 0 Å². The lowest BCUT2D eigenvalue weighted by molar-refractivity contribution is 0.231. The Balaban J connectivity index is 0.000000341. The first kappa shape index (κ1) is 44.0. The van der Waals surface area contributed by atoms with E-state index in [9.17, 15) is 17.6 Å². The highest BCUT2D eigenvalue weighted by molar-refractivity contribution is 5.50. The smallest absolute Gasteiger partial charge is 0.168 e. The van der Waals surface area contributed by atoms with Crippen LogP contribution in [0.4, 0.5) is 34.6 Å². The largest absolute Gasteiger partial charge is 0.494 e. The summed E-state index contributed by atoms with van der Waals surface area (Å²) in [6, 6.07) is 18.7. The maximum atomic E-state index is 13.3. The number of benzene rings is 4. The van der Waals surface area contributed by atoms with Gasteiger partial charge in [0.1, 0.15) is 17.3 Å². The number of nitrogens with zero attached hydrogens (tertiary/aromatic N) is 1. The van der Waals surface area contributed by atoms with Gasteiger partial charge in [-0.25, -0.2) is 17.6 Å². The average molecular weight is 720 g/mol. The van der Waals surface area contributed by atoms with Gasteiger partial charge in [-0.3, -0.25) is 0 Å². The maximum absolute atomic E-state index is 13.3. The second kappa shape index (κ2) is 22.0. The molecule has 0 atom stereocenters. The summed E-state index contributed by atoms with van der Waals surface area (Å²) in [5, 5.41) is 0. The molecule has 4 aromatic carbocycles. The van der Waals surface area contributed by atoms with Crippen molar-refractivity contribution in [1.82, 2.24) is 0 Å². The fraction of sp³-hybridized carbons (Fsp3) is 0.385. The maximum Gasteiger partial charge on any atom is 0.168 e. The van der Waals surface area contributed by atoms with Crippen molar-refractivity contribution >= 4 is 17.1 Å². The molecule has 51 heavy (non-hydrogen) atoms. The van der Waals surface area contributed by atoms with Crippen LogP contribution < -0.4 is 40.1 Å². The van der Waals surface area contributed by atoms with Crippen molar-refractivity contribution in [2.24, 2.45) is 0 Å². The Labute approximate surface area is 300 Å². The number of rotatable bonds is 10.